The van der Waals surface area contributed by atoms with Crippen molar-refractivity contribution in [3.05, 3.63) is 53.6 Å². The van der Waals surface area contributed by atoms with Gasteiger partial charge >= 0.3 is 0 Å². The number of carbonyl (C=O) groups excluding carboxylic acids is 2. The van der Waals surface area contributed by atoms with Crippen molar-refractivity contribution in [3.8, 4) is 17.2 Å². The van der Waals surface area contributed by atoms with Gasteiger partial charge in [-0.2, -0.15) is 5.26 Å². The summed E-state index contributed by atoms with van der Waals surface area (Å²) in [6.07, 6.45) is 3.77. The molecule has 2 aromatic carbocycles. The fourth-order valence-electron chi connectivity index (χ4n) is 5.22. The largest absolute Gasteiger partial charge is 0.338 e. The minimum Gasteiger partial charge on any atom is -0.338 e. The zero-order valence-electron chi connectivity index (χ0n) is 17.6. The summed E-state index contributed by atoms with van der Waals surface area (Å²) >= 11 is 0. The SMILES string of the molecule is CN1C(=O)Cc2ccc(-c3ccc(C[C@@H](C#N)NC(=O)C45CC[C@H](CN4)C5)cc3)cc21. The quantitative estimate of drug-likeness (QED) is 0.788. The maximum absolute atomic E-state index is 12.8. The maximum atomic E-state index is 12.8. The van der Waals surface area contributed by atoms with Gasteiger partial charge < -0.3 is 15.5 Å². The fourth-order valence-corrected chi connectivity index (χ4v) is 5.22. The third-order valence-corrected chi connectivity index (χ3v) is 7.13. The average molecular weight is 415 g/mol. The molecule has 0 aromatic heterocycles. The third-order valence-electron chi connectivity index (χ3n) is 7.13. The lowest BCUT2D eigenvalue weighted by molar-refractivity contribution is -0.127. The molecule has 158 valence electrons. The van der Waals surface area contributed by atoms with Gasteiger partial charge in [-0.05, 0) is 60.0 Å². The number of nitriles is 1. The molecule has 2 fully saturated rings. The summed E-state index contributed by atoms with van der Waals surface area (Å²) in [6, 6.07) is 15.9. The molecule has 2 aromatic rings. The minimum absolute atomic E-state index is 0.0347. The molecular formula is C25H26N4O2. The van der Waals surface area contributed by atoms with Crippen LogP contribution in [0.5, 0.6) is 0 Å². The van der Waals surface area contributed by atoms with Crippen molar-refractivity contribution in [2.24, 2.45) is 5.92 Å². The van der Waals surface area contributed by atoms with Gasteiger partial charge in [0.05, 0.1) is 18.0 Å². The van der Waals surface area contributed by atoms with Crippen LogP contribution in [-0.2, 0) is 22.4 Å². The van der Waals surface area contributed by atoms with E-state index < -0.39 is 11.6 Å². The van der Waals surface area contributed by atoms with Crippen molar-refractivity contribution < 1.29 is 9.59 Å². The number of anilines is 1. The highest BCUT2D eigenvalue weighted by Gasteiger charge is 2.50. The molecule has 2 heterocycles. The zero-order valence-corrected chi connectivity index (χ0v) is 17.6. The van der Waals surface area contributed by atoms with Gasteiger partial charge in [0.2, 0.25) is 11.8 Å². The molecule has 3 aliphatic rings. The van der Waals surface area contributed by atoms with Crippen LogP contribution in [0.1, 0.15) is 30.4 Å². The van der Waals surface area contributed by atoms with Crippen molar-refractivity contribution in [1.29, 1.82) is 5.26 Å². The van der Waals surface area contributed by atoms with Crippen molar-refractivity contribution in [1.82, 2.24) is 10.6 Å². The standard InChI is InChI=1S/C25H26N4O2/c1-29-22-11-19(6-7-20(22)12-23(29)30)18-4-2-16(3-5-18)10-21(14-26)28-24(31)25-9-8-17(13-25)15-27-25/h2-7,11,17,21,27H,8-10,12-13,15H2,1H3,(H,28,31)/t17-,21-,25?/m0/s1. The summed E-state index contributed by atoms with van der Waals surface area (Å²) in [5.41, 5.74) is 4.68. The minimum atomic E-state index is -0.547. The first-order valence-corrected chi connectivity index (χ1v) is 10.9. The van der Waals surface area contributed by atoms with E-state index in [1.54, 1.807) is 4.90 Å². The molecule has 1 saturated heterocycles. The lowest BCUT2D eigenvalue weighted by Gasteiger charge is -2.27. The summed E-state index contributed by atoms with van der Waals surface area (Å²) in [5, 5.41) is 15.9. The normalized spacial score (nSPS) is 24.7. The first-order valence-electron chi connectivity index (χ1n) is 10.9. The molecule has 2 aliphatic heterocycles. The van der Waals surface area contributed by atoms with Crippen LogP contribution in [0, 0.1) is 17.2 Å². The first kappa shape index (κ1) is 19.8. The molecule has 0 spiro atoms. The molecule has 1 aliphatic carbocycles. The third kappa shape index (κ3) is 3.49. The molecule has 0 radical (unpaired) electrons. The lowest BCUT2D eigenvalue weighted by Crippen LogP contribution is -2.55. The van der Waals surface area contributed by atoms with Crippen molar-refractivity contribution >= 4 is 17.5 Å². The van der Waals surface area contributed by atoms with Crippen molar-refractivity contribution in [3.63, 3.8) is 0 Å². The van der Waals surface area contributed by atoms with Gasteiger partial charge in [-0.15, -0.1) is 0 Å². The van der Waals surface area contributed by atoms with Crippen LogP contribution in [-0.4, -0.2) is 37.0 Å². The lowest BCUT2D eigenvalue weighted by atomic mass is 9.96. The smallest absolute Gasteiger partial charge is 0.241 e. The van der Waals surface area contributed by atoms with E-state index in [4.69, 9.17) is 0 Å². The van der Waals surface area contributed by atoms with E-state index in [0.29, 0.717) is 18.8 Å². The molecular weight excluding hydrogens is 388 g/mol. The zero-order chi connectivity index (χ0) is 21.6. The topological polar surface area (TPSA) is 85.2 Å². The Morgan fingerprint density at radius 2 is 2.06 bits per heavy atom. The molecule has 1 saturated carbocycles. The number of nitrogens with one attached hydrogen (secondary N) is 2. The number of rotatable bonds is 5. The van der Waals surface area contributed by atoms with Crippen LogP contribution in [0.4, 0.5) is 5.69 Å². The predicted molar refractivity (Wildman–Crippen MR) is 118 cm³/mol. The van der Waals surface area contributed by atoms with Gasteiger partial charge in [0, 0.05) is 19.2 Å². The van der Waals surface area contributed by atoms with E-state index in [1.165, 1.54) is 0 Å². The Bertz CT molecular complexity index is 1080. The summed E-state index contributed by atoms with van der Waals surface area (Å²) in [4.78, 5) is 26.4. The van der Waals surface area contributed by atoms with E-state index in [0.717, 1.165) is 53.7 Å². The Labute approximate surface area is 182 Å². The Balaban J connectivity index is 1.26. The van der Waals surface area contributed by atoms with Gasteiger partial charge in [0.1, 0.15) is 6.04 Å². The Morgan fingerprint density at radius 3 is 2.71 bits per heavy atom. The second-order valence-corrected chi connectivity index (χ2v) is 9.10. The number of hydrogen-bond donors (Lipinski definition) is 2. The van der Waals surface area contributed by atoms with Gasteiger partial charge in [-0.3, -0.25) is 9.59 Å². The van der Waals surface area contributed by atoms with Crippen LogP contribution in [0.3, 0.4) is 0 Å². The predicted octanol–water partition coefficient (Wildman–Crippen LogP) is 2.57. The Morgan fingerprint density at radius 1 is 1.29 bits per heavy atom. The fraction of sp³-hybridized carbons (Fsp3) is 0.400. The molecule has 2 N–H and O–H groups in total. The molecule has 5 rings (SSSR count). The highest BCUT2D eigenvalue weighted by atomic mass is 16.2. The monoisotopic (exact) mass is 414 g/mol. The van der Waals surface area contributed by atoms with Gasteiger partial charge in [0.15, 0.2) is 0 Å². The van der Waals surface area contributed by atoms with Crippen LogP contribution in [0.25, 0.3) is 11.1 Å². The molecule has 31 heavy (non-hydrogen) atoms. The summed E-state index contributed by atoms with van der Waals surface area (Å²) < 4.78 is 0. The highest BCUT2D eigenvalue weighted by molar-refractivity contribution is 6.01. The Hall–Kier alpha value is -3.17. The number of nitrogens with zero attached hydrogens (tertiary/aromatic N) is 2. The number of amides is 2. The number of piperidine rings is 1. The van der Waals surface area contributed by atoms with Gasteiger partial charge in [-0.25, -0.2) is 0 Å². The molecule has 6 heteroatoms. The van der Waals surface area contributed by atoms with Crippen molar-refractivity contribution in [2.75, 3.05) is 18.5 Å². The molecule has 2 bridgehead atoms. The second-order valence-electron chi connectivity index (χ2n) is 9.10. The van der Waals surface area contributed by atoms with E-state index in [1.807, 2.05) is 43.4 Å². The second kappa shape index (κ2) is 7.51. The number of hydrogen-bond acceptors (Lipinski definition) is 4. The number of likely N-dealkylation sites (N-methyl/N-ethyl adjacent to an activating group) is 1. The van der Waals surface area contributed by atoms with Crippen LogP contribution < -0.4 is 15.5 Å². The van der Waals surface area contributed by atoms with Crippen LogP contribution >= 0.6 is 0 Å². The molecule has 1 unspecified atom stereocenters. The summed E-state index contributed by atoms with van der Waals surface area (Å²) in [7, 11) is 1.81. The number of carbonyl (C=O) groups is 2. The maximum Gasteiger partial charge on any atom is 0.241 e. The average Bonchev–Trinajstić information content (AvgIpc) is 3.48. The van der Waals surface area contributed by atoms with Crippen LogP contribution in [0.15, 0.2) is 42.5 Å². The first-order chi connectivity index (χ1) is 15.0. The van der Waals surface area contributed by atoms with E-state index in [2.05, 4.69) is 22.8 Å². The molecule has 2 amide bonds. The number of benzene rings is 2. The van der Waals surface area contributed by atoms with Crippen LogP contribution in [0.2, 0.25) is 0 Å². The highest BCUT2D eigenvalue weighted by Crippen LogP contribution is 2.40. The number of fused-ring (bicyclic) bond motifs is 3. The van der Waals surface area contributed by atoms with E-state index in [-0.39, 0.29) is 11.8 Å². The van der Waals surface area contributed by atoms with E-state index in [9.17, 15) is 14.9 Å². The summed E-state index contributed by atoms with van der Waals surface area (Å²) in [5.74, 6) is 0.677. The molecule has 6 nitrogen and oxygen atoms in total. The van der Waals surface area contributed by atoms with E-state index >= 15 is 0 Å². The van der Waals surface area contributed by atoms with Gasteiger partial charge in [-0.1, -0.05) is 36.4 Å². The molecule has 3 atom stereocenters. The Kier molecular flexibility index (Phi) is 4.79. The van der Waals surface area contributed by atoms with Crippen molar-refractivity contribution in [2.45, 2.75) is 43.7 Å². The van der Waals surface area contributed by atoms with Gasteiger partial charge in [0.25, 0.3) is 0 Å². The summed E-state index contributed by atoms with van der Waals surface area (Å²) in [6.45, 7) is 0.902.